The Hall–Kier alpha value is -1.72. The van der Waals surface area contributed by atoms with Gasteiger partial charge in [0.2, 0.25) is 0 Å². The maximum Gasteiger partial charge on any atom is 0.416 e. The molecular formula is C11H12F3N3. The SMILES string of the molecule is Cc1ccc(NC2=NCCN2)cc1C(F)(F)F. The molecule has 3 nitrogen and oxygen atoms in total. The largest absolute Gasteiger partial charge is 0.416 e. The molecule has 2 rings (SSSR count). The van der Waals surface area contributed by atoms with E-state index in [0.717, 1.165) is 6.07 Å². The van der Waals surface area contributed by atoms with E-state index in [1.165, 1.54) is 13.0 Å². The Morgan fingerprint density at radius 3 is 2.71 bits per heavy atom. The molecule has 0 amide bonds. The fourth-order valence-electron chi connectivity index (χ4n) is 1.62. The highest BCUT2D eigenvalue weighted by Gasteiger charge is 2.32. The summed E-state index contributed by atoms with van der Waals surface area (Å²) in [5.41, 5.74) is -0.0264. The van der Waals surface area contributed by atoms with Gasteiger partial charge in [-0.1, -0.05) is 6.07 Å². The molecule has 2 N–H and O–H groups in total. The van der Waals surface area contributed by atoms with Crippen LogP contribution in [0.3, 0.4) is 0 Å². The Morgan fingerprint density at radius 2 is 2.12 bits per heavy atom. The molecule has 0 spiro atoms. The number of halogens is 3. The molecule has 1 aromatic rings. The molecule has 0 fully saturated rings. The number of aryl methyl sites for hydroxylation is 1. The van der Waals surface area contributed by atoms with Crippen molar-refractivity contribution >= 4 is 11.6 Å². The first kappa shape index (κ1) is 11.8. The second-order valence-electron chi connectivity index (χ2n) is 3.81. The number of guanidine groups is 1. The van der Waals surface area contributed by atoms with Crippen molar-refractivity contribution in [1.29, 1.82) is 0 Å². The number of nitrogens with one attached hydrogen (secondary N) is 2. The predicted molar refractivity (Wildman–Crippen MR) is 60.1 cm³/mol. The van der Waals surface area contributed by atoms with Gasteiger partial charge < -0.3 is 10.6 Å². The Bertz CT molecular complexity index is 452. The first-order chi connectivity index (χ1) is 7.97. The molecule has 17 heavy (non-hydrogen) atoms. The fourth-order valence-corrected chi connectivity index (χ4v) is 1.62. The Kier molecular flexibility index (Phi) is 2.95. The lowest BCUT2D eigenvalue weighted by molar-refractivity contribution is -0.138. The highest BCUT2D eigenvalue weighted by molar-refractivity contribution is 5.94. The summed E-state index contributed by atoms with van der Waals surface area (Å²) in [7, 11) is 0. The third-order valence-electron chi connectivity index (χ3n) is 2.48. The normalized spacial score (nSPS) is 15.4. The molecule has 0 bridgehead atoms. The molecule has 1 heterocycles. The number of alkyl halides is 3. The van der Waals surface area contributed by atoms with Crippen LogP contribution in [0.4, 0.5) is 18.9 Å². The Morgan fingerprint density at radius 1 is 1.35 bits per heavy atom. The van der Waals surface area contributed by atoms with Gasteiger partial charge in [0.1, 0.15) is 0 Å². The van der Waals surface area contributed by atoms with E-state index >= 15 is 0 Å². The zero-order valence-corrected chi connectivity index (χ0v) is 9.23. The van der Waals surface area contributed by atoms with Gasteiger partial charge in [0.15, 0.2) is 5.96 Å². The van der Waals surface area contributed by atoms with Crippen LogP contribution in [0.2, 0.25) is 0 Å². The van der Waals surface area contributed by atoms with Crippen LogP contribution in [-0.2, 0) is 6.18 Å². The van der Waals surface area contributed by atoms with E-state index in [2.05, 4.69) is 15.6 Å². The summed E-state index contributed by atoms with van der Waals surface area (Å²) in [6.07, 6.45) is -4.33. The van der Waals surface area contributed by atoms with Gasteiger partial charge in [-0.25, -0.2) is 0 Å². The van der Waals surface area contributed by atoms with Crippen LogP contribution in [0.5, 0.6) is 0 Å². The second-order valence-corrected chi connectivity index (χ2v) is 3.81. The van der Waals surface area contributed by atoms with Crippen molar-refractivity contribution in [2.75, 3.05) is 18.4 Å². The average molecular weight is 243 g/mol. The van der Waals surface area contributed by atoms with E-state index in [4.69, 9.17) is 0 Å². The van der Waals surface area contributed by atoms with E-state index in [1.807, 2.05) is 0 Å². The summed E-state index contributed by atoms with van der Waals surface area (Å²) >= 11 is 0. The number of rotatable bonds is 1. The smallest absolute Gasteiger partial charge is 0.354 e. The lowest BCUT2D eigenvalue weighted by Crippen LogP contribution is -2.26. The Labute approximate surface area is 96.7 Å². The maximum atomic E-state index is 12.7. The van der Waals surface area contributed by atoms with Crippen molar-refractivity contribution in [3.05, 3.63) is 29.3 Å². The molecule has 0 radical (unpaired) electrons. The van der Waals surface area contributed by atoms with Crippen LogP contribution in [0.1, 0.15) is 11.1 Å². The van der Waals surface area contributed by atoms with Crippen LogP contribution in [0, 0.1) is 6.92 Å². The molecule has 92 valence electrons. The molecule has 0 saturated heterocycles. The van der Waals surface area contributed by atoms with Crippen LogP contribution in [0.15, 0.2) is 23.2 Å². The third kappa shape index (κ3) is 2.69. The van der Waals surface area contributed by atoms with Gasteiger partial charge in [-0.2, -0.15) is 13.2 Å². The summed E-state index contributed by atoms with van der Waals surface area (Å²) in [4.78, 5) is 4.06. The van der Waals surface area contributed by atoms with E-state index in [-0.39, 0.29) is 5.56 Å². The first-order valence-corrected chi connectivity index (χ1v) is 5.20. The summed E-state index contributed by atoms with van der Waals surface area (Å²) < 4.78 is 38.0. The van der Waals surface area contributed by atoms with Crippen molar-refractivity contribution in [2.45, 2.75) is 13.1 Å². The van der Waals surface area contributed by atoms with Gasteiger partial charge in [-0.15, -0.1) is 0 Å². The number of aliphatic imine (C=N–C) groups is 1. The molecule has 0 saturated carbocycles. The number of nitrogens with zero attached hydrogens (tertiary/aromatic N) is 1. The van der Waals surface area contributed by atoms with Gasteiger partial charge in [0.25, 0.3) is 0 Å². The van der Waals surface area contributed by atoms with E-state index in [9.17, 15) is 13.2 Å². The number of hydrogen-bond acceptors (Lipinski definition) is 3. The quantitative estimate of drug-likeness (QED) is 0.794. The van der Waals surface area contributed by atoms with Crippen molar-refractivity contribution in [1.82, 2.24) is 5.32 Å². The van der Waals surface area contributed by atoms with E-state index < -0.39 is 11.7 Å². The van der Waals surface area contributed by atoms with Crippen molar-refractivity contribution in [3.8, 4) is 0 Å². The molecule has 1 aliphatic heterocycles. The number of benzene rings is 1. The van der Waals surface area contributed by atoms with Gasteiger partial charge in [-0.05, 0) is 24.6 Å². The predicted octanol–water partition coefficient (Wildman–Crippen LogP) is 2.38. The molecular weight excluding hydrogens is 231 g/mol. The van der Waals surface area contributed by atoms with Crippen molar-refractivity contribution in [3.63, 3.8) is 0 Å². The van der Waals surface area contributed by atoms with Crippen LogP contribution in [-0.4, -0.2) is 19.0 Å². The molecule has 1 aliphatic rings. The minimum absolute atomic E-state index is 0.212. The minimum atomic E-state index is -4.33. The molecule has 0 aliphatic carbocycles. The van der Waals surface area contributed by atoms with E-state index in [0.29, 0.717) is 24.7 Å². The summed E-state index contributed by atoms with van der Waals surface area (Å²) in [5.74, 6) is 0.516. The lowest BCUT2D eigenvalue weighted by atomic mass is 10.1. The maximum absolute atomic E-state index is 12.7. The van der Waals surface area contributed by atoms with Crippen LogP contribution < -0.4 is 10.6 Å². The van der Waals surface area contributed by atoms with Crippen molar-refractivity contribution in [2.24, 2.45) is 4.99 Å². The summed E-state index contributed by atoms with van der Waals surface area (Å²) in [6.45, 7) is 2.79. The highest BCUT2D eigenvalue weighted by atomic mass is 19.4. The van der Waals surface area contributed by atoms with Gasteiger partial charge >= 0.3 is 6.18 Å². The van der Waals surface area contributed by atoms with Gasteiger partial charge in [0.05, 0.1) is 12.1 Å². The standard InChI is InChI=1S/C11H12F3N3/c1-7-2-3-8(6-9(7)11(12,13)14)17-10-15-4-5-16-10/h2-3,6H,4-5H2,1H3,(H2,15,16,17). The highest BCUT2D eigenvalue weighted by Crippen LogP contribution is 2.33. The second kappa shape index (κ2) is 4.27. The van der Waals surface area contributed by atoms with Gasteiger partial charge in [0, 0.05) is 12.2 Å². The van der Waals surface area contributed by atoms with E-state index in [1.54, 1.807) is 6.07 Å². The van der Waals surface area contributed by atoms with Crippen LogP contribution in [0.25, 0.3) is 0 Å². The minimum Gasteiger partial charge on any atom is -0.354 e. The van der Waals surface area contributed by atoms with Gasteiger partial charge in [-0.3, -0.25) is 4.99 Å². The molecule has 0 aromatic heterocycles. The van der Waals surface area contributed by atoms with Crippen LogP contribution >= 0.6 is 0 Å². The van der Waals surface area contributed by atoms with Crippen molar-refractivity contribution < 1.29 is 13.2 Å². The molecule has 0 atom stereocenters. The number of hydrogen-bond donors (Lipinski definition) is 2. The third-order valence-corrected chi connectivity index (χ3v) is 2.48. The Balaban J connectivity index is 2.24. The topological polar surface area (TPSA) is 36.4 Å². The first-order valence-electron chi connectivity index (χ1n) is 5.20. The molecule has 6 heteroatoms. The molecule has 0 unspecified atom stereocenters. The average Bonchev–Trinajstić information content (AvgIpc) is 2.72. The summed E-state index contributed by atoms with van der Waals surface area (Å²) in [6, 6.07) is 4.14. The monoisotopic (exact) mass is 243 g/mol. The fraction of sp³-hybridized carbons (Fsp3) is 0.364. The lowest BCUT2D eigenvalue weighted by Gasteiger charge is -2.13. The zero-order chi connectivity index (χ0) is 12.5. The zero-order valence-electron chi connectivity index (χ0n) is 9.23. The molecule has 1 aromatic carbocycles. The summed E-state index contributed by atoms with van der Waals surface area (Å²) in [5, 5.41) is 5.75. The number of anilines is 1.